The third kappa shape index (κ3) is 1.51. The van der Waals surface area contributed by atoms with Gasteiger partial charge in [-0.1, -0.05) is 0 Å². The molecule has 0 amide bonds. The maximum atomic E-state index is 6.04. The van der Waals surface area contributed by atoms with E-state index in [2.05, 4.69) is 10.1 Å². The molecule has 0 aliphatic heterocycles. The lowest BCUT2D eigenvalue weighted by Gasteiger charge is -1.93. The van der Waals surface area contributed by atoms with E-state index in [1.165, 1.54) is 17.8 Å². The first-order valence-corrected chi connectivity index (χ1v) is 6.23. The van der Waals surface area contributed by atoms with E-state index in [9.17, 15) is 0 Å². The van der Waals surface area contributed by atoms with Crippen molar-refractivity contribution < 1.29 is 0 Å². The van der Waals surface area contributed by atoms with Gasteiger partial charge in [-0.25, -0.2) is 4.98 Å². The van der Waals surface area contributed by atoms with Gasteiger partial charge < -0.3 is 5.73 Å². The van der Waals surface area contributed by atoms with Crippen molar-refractivity contribution in [3.05, 3.63) is 16.9 Å². The van der Waals surface area contributed by atoms with Gasteiger partial charge in [0.1, 0.15) is 10.7 Å². The van der Waals surface area contributed by atoms with Crippen molar-refractivity contribution in [1.82, 2.24) is 14.8 Å². The van der Waals surface area contributed by atoms with Crippen molar-refractivity contribution in [2.24, 2.45) is 7.05 Å². The van der Waals surface area contributed by atoms with Gasteiger partial charge in [0.15, 0.2) is 0 Å². The van der Waals surface area contributed by atoms with Crippen LogP contribution in [0.25, 0.3) is 11.3 Å². The summed E-state index contributed by atoms with van der Waals surface area (Å²) >= 11 is 1.63. The Morgan fingerprint density at radius 3 is 2.81 bits per heavy atom. The van der Waals surface area contributed by atoms with Crippen molar-refractivity contribution in [3.8, 4) is 11.3 Å². The molecule has 16 heavy (non-hydrogen) atoms. The predicted molar refractivity (Wildman–Crippen MR) is 65.4 cm³/mol. The van der Waals surface area contributed by atoms with Crippen LogP contribution in [0.4, 0.5) is 5.00 Å². The van der Waals surface area contributed by atoms with Gasteiger partial charge in [0.05, 0.1) is 10.7 Å². The Bertz CT molecular complexity index is 536. The monoisotopic (exact) mass is 234 g/mol. The number of thiazole rings is 1. The molecule has 0 aromatic carbocycles. The number of nitrogen functional groups attached to an aromatic ring is 1. The van der Waals surface area contributed by atoms with Gasteiger partial charge in [-0.2, -0.15) is 5.10 Å². The molecule has 2 heterocycles. The quantitative estimate of drug-likeness (QED) is 0.867. The van der Waals surface area contributed by atoms with Crippen molar-refractivity contribution in [1.29, 1.82) is 0 Å². The Morgan fingerprint density at radius 2 is 2.25 bits per heavy atom. The average Bonchev–Trinajstić information content (AvgIpc) is 2.92. The molecule has 4 nitrogen and oxygen atoms in total. The number of nitrogens with zero attached hydrogens (tertiary/aromatic N) is 3. The average molecular weight is 234 g/mol. The van der Waals surface area contributed by atoms with Gasteiger partial charge in [0.25, 0.3) is 0 Å². The lowest BCUT2D eigenvalue weighted by atomic mass is 10.2. The third-order valence-electron chi connectivity index (χ3n) is 2.87. The van der Waals surface area contributed by atoms with Crippen LogP contribution in [0.2, 0.25) is 0 Å². The summed E-state index contributed by atoms with van der Waals surface area (Å²) in [5.74, 6) is 0.665. The first kappa shape index (κ1) is 9.84. The topological polar surface area (TPSA) is 56.7 Å². The summed E-state index contributed by atoms with van der Waals surface area (Å²) in [5, 5.41) is 6.33. The molecule has 0 saturated heterocycles. The second-order valence-corrected chi connectivity index (χ2v) is 5.40. The largest absolute Gasteiger partial charge is 0.389 e. The fourth-order valence-electron chi connectivity index (χ4n) is 1.88. The van der Waals surface area contributed by atoms with Crippen LogP contribution < -0.4 is 5.73 Å². The van der Waals surface area contributed by atoms with Gasteiger partial charge in [-0.3, -0.25) is 4.68 Å². The molecule has 3 rings (SSSR count). The van der Waals surface area contributed by atoms with Crippen molar-refractivity contribution in [3.63, 3.8) is 0 Å². The molecule has 2 N–H and O–H groups in total. The molecule has 2 aromatic heterocycles. The maximum Gasteiger partial charge on any atom is 0.114 e. The highest BCUT2D eigenvalue weighted by molar-refractivity contribution is 7.16. The molecule has 0 atom stereocenters. The Kier molecular flexibility index (Phi) is 2.04. The molecule has 1 aliphatic carbocycles. The van der Waals surface area contributed by atoms with E-state index in [-0.39, 0.29) is 0 Å². The highest BCUT2D eigenvalue weighted by Crippen LogP contribution is 2.45. The first-order chi connectivity index (χ1) is 7.65. The van der Waals surface area contributed by atoms with E-state index >= 15 is 0 Å². The second-order valence-electron chi connectivity index (χ2n) is 4.34. The van der Waals surface area contributed by atoms with Crippen molar-refractivity contribution in [2.45, 2.75) is 25.7 Å². The number of nitrogens with two attached hydrogens (primary N) is 1. The SMILES string of the molecule is Cc1nn(C)cc1-c1nc(C2CC2)sc1N. The van der Waals surface area contributed by atoms with Crippen molar-refractivity contribution in [2.75, 3.05) is 5.73 Å². The number of hydrogen-bond donors (Lipinski definition) is 1. The van der Waals surface area contributed by atoms with E-state index in [1.807, 2.05) is 20.2 Å². The van der Waals surface area contributed by atoms with Crippen LogP contribution in [-0.4, -0.2) is 14.8 Å². The summed E-state index contributed by atoms with van der Waals surface area (Å²) in [4.78, 5) is 4.66. The number of aromatic nitrogens is 3. The zero-order chi connectivity index (χ0) is 11.3. The van der Waals surface area contributed by atoms with Crippen LogP contribution >= 0.6 is 11.3 Å². The molecule has 0 spiro atoms. The molecule has 1 saturated carbocycles. The number of hydrogen-bond acceptors (Lipinski definition) is 4. The van der Waals surface area contributed by atoms with Gasteiger partial charge in [-0.15, -0.1) is 11.3 Å². The second kappa shape index (κ2) is 3.31. The van der Waals surface area contributed by atoms with Crippen LogP contribution in [0.15, 0.2) is 6.20 Å². The first-order valence-electron chi connectivity index (χ1n) is 5.42. The molecule has 1 aliphatic rings. The van der Waals surface area contributed by atoms with Gasteiger partial charge in [0, 0.05) is 24.7 Å². The zero-order valence-electron chi connectivity index (χ0n) is 9.40. The van der Waals surface area contributed by atoms with Gasteiger partial charge >= 0.3 is 0 Å². The molecule has 0 bridgehead atoms. The van der Waals surface area contributed by atoms with E-state index in [1.54, 1.807) is 16.0 Å². The number of anilines is 1. The van der Waals surface area contributed by atoms with E-state index in [0.29, 0.717) is 5.92 Å². The van der Waals surface area contributed by atoms with Crippen LogP contribution in [0.3, 0.4) is 0 Å². The van der Waals surface area contributed by atoms with Crippen LogP contribution in [0.1, 0.15) is 29.5 Å². The fourth-order valence-corrected chi connectivity index (χ4v) is 2.90. The van der Waals surface area contributed by atoms with Crippen LogP contribution in [-0.2, 0) is 7.05 Å². The smallest absolute Gasteiger partial charge is 0.114 e. The zero-order valence-corrected chi connectivity index (χ0v) is 10.2. The molecule has 84 valence electrons. The Hall–Kier alpha value is -1.36. The number of rotatable bonds is 2. The standard InChI is InChI=1S/C11H14N4S/c1-6-8(5-15(2)14-6)9-10(12)16-11(13-9)7-3-4-7/h5,7H,3-4,12H2,1-2H3. The summed E-state index contributed by atoms with van der Waals surface area (Å²) in [5.41, 5.74) is 9.00. The summed E-state index contributed by atoms with van der Waals surface area (Å²) in [6.45, 7) is 1.99. The molecule has 0 radical (unpaired) electrons. The molecular formula is C11H14N4S. The molecule has 5 heteroatoms. The molecule has 1 fully saturated rings. The van der Waals surface area contributed by atoms with E-state index in [0.717, 1.165) is 22.0 Å². The molecule has 0 unspecified atom stereocenters. The summed E-state index contributed by atoms with van der Waals surface area (Å²) in [6, 6.07) is 0. The van der Waals surface area contributed by atoms with E-state index in [4.69, 9.17) is 5.73 Å². The highest BCUT2D eigenvalue weighted by Gasteiger charge is 2.28. The fraction of sp³-hybridized carbons (Fsp3) is 0.455. The van der Waals surface area contributed by atoms with Gasteiger partial charge in [-0.05, 0) is 19.8 Å². The Morgan fingerprint density at radius 1 is 1.50 bits per heavy atom. The minimum absolute atomic E-state index is 0.665. The molecule has 2 aromatic rings. The summed E-state index contributed by atoms with van der Waals surface area (Å²) in [6.07, 6.45) is 4.51. The van der Waals surface area contributed by atoms with Gasteiger partial charge in [0.2, 0.25) is 0 Å². The summed E-state index contributed by atoms with van der Waals surface area (Å²) in [7, 11) is 1.92. The maximum absolute atomic E-state index is 6.04. The highest BCUT2D eigenvalue weighted by atomic mass is 32.1. The minimum Gasteiger partial charge on any atom is -0.389 e. The van der Waals surface area contributed by atoms with Crippen LogP contribution in [0, 0.1) is 6.92 Å². The lowest BCUT2D eigenvalue weighted by molar-refractivity contribution is 0.756. The summed E-state index contributed by atoms with van der Waals surface area (Å²) < 4.78 is 1.81. The number of aryl methyl sites for hydroxylation is 2. The molecular weight excluding hydrogens is 220 g/mol. The Labute approximate surface area is 98.1 Å². The third-order valence-corrected chi connectivity index (χ3v) is 3.91. The minimum atomic E-state index is 0.665. The normalized spacial score (nSPS) is 15.6. The Balaban J connectivity index is 2.08. The lowest BCUT2D eigenvalue weighted by Crippen LogP contribution is -1.86. The predicted octanol–water partition coefficient (Wildman–Crippen LogP) is 2.31. The van der Waals surface area contributed by atoms with E-state index < -0.39 is 0 Å². The van der Waals surface area contributed by atoms with Crippen LogP contribution in [0.5, 0.6) is 0 Å². The van der Waals surface area contributed by atoms with Crippen molar-refractivity contribution >= 4 is 16.3 Å².